The molecule has 1 aliphatic rings. The van der Waals surface area contributed by atoms with Crippen molar-refractivity contribution in [2.75, 3.05) is 19.7 Å². The highest BCUT2D eigenvalue weighted by Gasteiger charge is 2.38. The number of aromatic nitrogens is 2. The molecule has 1 aliphatic heterocycles. The zero-order valence-electron chi connectivity index (χ0n) is 13.2. The number of amides is 1. The summed E-state index contributed by atoms with van der Waals surface area (Å²) in [6.07, 6.45) is 2.79. The van der Waals surface area contributed by atoms with Crippen LogP contribution in [-0.4, -0.2) is 50.7 Å². The molecular weight excluding hydrogens is 374 g/mol. The zero-order valence-corrected chi connectivity index (χ0v) is 14.8. The van der Waals surface area contributed by atoms with Crippen molar-refractivity contribution in [1.29, 1.82) is 0 Å². The van der Waals surface area contributed by atoms with E-state index in [4.69, 9.17) is 5.11 Å². The number of carboxylic acid groups (broad SMARTS) is 1. The summed E-state index contributed by atoms with van der Waals surface area (Å²) in [4.78, 5) is 12.5. The number of hydrogen-bond donors (Lipinski definition) is 2. The highest BCUT2D eigenvalue weighted by molar-refractivity contribution is 9.10. The molecule has 24 heavy (non-hydrogen) atoms. The molecule has 0 atom stereocenters. The van der Waals surface area contributed by atoms with Crippen LogP contribution in [0.25, 0.3) is 0 Å². The number of rotatable bonds is 4. The van der Waals surface area contributed by atoms with E-state index in [-0.39, 0.29) is 6.61 Å². The Balaban J connectivity index is 1.81. The lowest BCUT2D eigenvalue weighted by Gasteiger charge is -2.39. The lowest BCUT2D eigenvalue weighted by molar-refractivity contribution is 0.0434. The van der Waals surface area contributed by atoms with Crippen molar-refractivity contribution >= 4 is 22.0 Å². The number of aliphatic hydroxyl groups excluding tert-OH is 1. The Bertz CT molecular complexity index is 709. The van der Waals surface area contributed by atoms with Gasteiger partial charge >= 0.3 is 6.09 Å². The molecule has 6 nitrogen and oxygen atoms in total. The van der Waals surface area contributed by atoms with Crippen molar-refractivity contribution < 1.29 is 15.0 Å². The average Bonchev–Trinajstić information content (AvgIpc) is 2.97. The van der Waals surface area contributed by atoms with Crippen molar-refractivity contribution in [3.63, 3.8) is 0 Å². The summed E-state index contributed by atoms with van der Waals surface area (Å²) in [6.45, 7) is 0.752. The van der Waals surface area contributed by atoms with Crippen LogP contribution in [0.3, 0.4) is 0 Å². The van der Waals surface area contributed by atoms with Crippen LogP contribution < -0.4 is 0 Å². The van der Waals surface area contributed by atoms with Crippen molar-refractivity contribution in [3.8, 4) is 0 Å². The van der Waals surface area contributed by atoms with Gasteiger partial charge in [-0.05, 0) is 34.3 Å². The molecule has 1 aromatic carbocycles. The topological polar surface area (TPSA) is 78.6 Å². The van der Waals surface area contributed by atoms with E-state index in [1.807, 2.05) is 29.1 Å². The minimum atomic E-state index is -0.909. The first-order valence-electron chi connectivity index (χ1n) is 7.91. The molecule has 2 heterocycles. The van der Waals surface area contributed by atoms with E-state index in [1.54, 1.807) is 0 Å². The molecule has 0 spiro atoms. The summed E-state index contributed by atoms with van der Waals surface area (Å²) in [6, 6.07) is 10.1. The maximum atomic E-state index is 11.1. The molecule has 0 saturated carbocycles. The minimum Gasteiger partial charge on any atom is -0.465 e. The third-order valence-electron chi connectivity index (χ3n) is 4.70. The van der Waals surface area contributed by atoms with Gasteiger partial charge in [0, 0.05) is 25.7 Å². The number of hydrogen-bond acceptors (Lipinski definition) is 3. The molecule has 1 aromatic heterocycles. The molecule has 0 aliphatic carbocycles. The number of halogens is 1. The Morgan fingerprint density at radius 2 is 1.92 bits per heavy atom. The second kappa shape index (κ2) is 6.94. The second-order valence-corrected chi connectivity index (χ2v) is 7.04. The first-order chi connectivity index (χ1) is 11.5. The molecule has 128 valence electrons. The van der Waals surface area contributed by atoms with Gasteiger partial charge in [-0.3, -0.25) is 4.68 Å². The summed E-state index contributed by atoms with van der Waals surface area (Å²) in [5.74, 6) is 0. The van der Waals surface area contributed by atoms with Crippen molar-refractivity contribution in [3.05, 3.63) is 52.3 Å². The first kappa shape index (κ1) is 17.0. The molecule has 7 heteroatoms. The number of aliphatic hydroxyl groups is 1. The Labute approximate surface area is 148 Å². The van der Waals surface area contributed by atoms with Crippen LogP contribution in [0, 0.1) is 0 Å². The molecule has 0 unspecified atom stereocenters. The maximum Gasteiger partial charge on any atom is 0.407 e. The number of piperidine rings is 1. The Hall–Kier alpha value is -1.86. The largest absolute Gasteiger partial charge is 0.465 e. The van der Waals surface area contributed by atoms with E-state index in [2.05, 4.69) is 33.2 Å². The molecule has 2 N–H and O–H groups in total. The molecule has 0 radical (unpaired) electrons. The van der Waals surface area contributed by atoms with Crippen LogP contribution in [0.15, 0.2) is 41.0 Å². The summed E-state index contributed by atoms with van der Waals surface area (Å²) in [7, 11) is 0. The fourth-order valence-electron chi connectivity index (χ4n) is 3.11. The maximum absolute atomic E-state index is 11.1. The van der Waals surface area contributed by atoms with Gasteiger partial charge in [0.05, 0.1) is 22.3 Å². The van der Waals surface area contributed by atoms with Crippen LogP contribution in [0.5, 0.6) is 0 Å². The fourth-order valence-corrected chi connectivity index (χ4v) is 3.53. The average molecular weight is 394 g/mol. The van der Waals surface area contributed by atoms with Gasteiger partial charge in [-0.1, -0.05) is 30.3 Å². The van der Waals surface area contributed by atoms with E-state index < -0.39 is 11.6 Å². The SMILES string of the molecule is O=C(O)N1CCC(CO)(n2cc(Br)c(Cc3ccccc3)n2)CC1. The molecule has 2 aromatic rings. The van der Waals surface area contributed by atoms with Crippen LogP contribution in [-0.2, 0) is 12.0 Å². The van der Waals surface area contributed by atoms with E-state index in [0.717, 1.165) is 10.2 Å². The predicted octanol–water partition coefficient (Wildman–Crippen LogP) is 2.70. The van der Waals surface area contributed by atoms with E-state index in [0.29, 0.717) is 32.4 Å². The lowest BCUT2D eigenvalue weighted by atomic mass is 9.88. The monoisotopic (exact) mass is 393 g/mol. The van der Waals surface area contributed by atoms with Crippen LogP contribution >= 0.6 is 15.9 Å². The van der Waals surface area contributed by atoms with Gasteiger partial charge in [-0.2, -0.15) is 5.10 Å². The van der Waals surface area contributed by atoms with Gasteiger partial charge in [0.25, 0.3) is 0 Å². The number of carbonyl (C=O) groups is 1. The highest BCUT2D eigenvalue weighted by Crippen LogP contribution is 2.32. The van der Waals surface area contributed by atoms with Gasteiger partial charge in [-0.25, -0.2) is 4.79 Å². The summed E-state index contributed by atoms with van der Waals surface area (Å²) < 4.78 is 2.72. The smallest absolute Gasteiger partial charge is 0.407 e. The summed E-state index contributed by atoms with van der Waals surface area (Å²) >= 11 is 3.56. The molecule has 0 bridgehead atoms. The summed E-state index contributed by atoms with van der Waals surface area (Å²) in [5, 5.41) is 23.8. The molecule has 1 fully saturated rings. The first-order valence-corrected chi connectivity index (χ1v) is 8.70. The van der Waals surface area contributed by atoms with Crippen LogP contribution in [0.4, 0.5) is 4.79 Å². The Morgan fingerprint density at radius 1 is 1.25 bits per heavy atom. The highest BCUT2D eigenvalue weighted by atomic mass is 79.9. The van der Waals surface area contributed by atoms with E-state index in [1.165, 1.54) is 10.5 Å². The lowest BCUT2D eigenvalue weighted by Crippen LogP contribution is -2.50. The molecule has 3 rings (SSSR count). The Kier molecular flexibility index (Phi) is 4.91. The van der Waals surface area contributed by atoms with Gasteiger partial charge < -0.3 is 15.1 Å². The van der Waals surface area contributed by atoms with Gasteiger partial charge in [-0.15, -0.1) is 0 Å². The predicted molar refractivity (Wildman–Crippen MR) is 93.1 cm³/mol. The minimum absolute atomic E-state index is 0.0562. The van der Waals surface area contributed by atoms with Gasteiger partial charge in [0.2, 0.25) is 0 Å². The van der Waals surface area contributed by atoms with Gasteiger partial charge in [0.15, 0.2) is 0 Å². The fraction of sp³-hybridized carbons (Fsp3) is 0.412. The van der Waals surface area contributed by atoms with Crippen molar-refractivity contribution in [2.24, 2.45) is 0 Å². The number of likely N-dealkylation sites (tertiary alicyclic amines) is 1. The van der Waals surface area contributed by atoms with E-state index in [9.17, 15) is 9.90 Å². The zero-order chi connectivity index (χ0) is 17.2. The number of nitrogens with zero attached hydrogens (tertiary/aromatic N) is 3. The van der Waals surface area contributed by atoms with Crippen molar-refractivity contribution in [2.45, 2.75) is 24.8 Å². The van der Waals surface area contributed by atoms with E-state index >= 15 is 0 Å². The summed E-state index contributed by atoms with van der Waals surface area (Å²) in [5.41, 5.74) is 1.54. The van der Waals surface area contributed by atoms with Crippen LogP contribution in [0.1, 0.15) is 24.1 Å². The second-order valence-electron chi connectivity index (χ2n) is 6.18. The Morgan fingerprint density at radius 3 is 2.50 bits per heavy atom. The quantitative estimate of drug-likeness (QED) is 0.836. The molecule has 1 saturated heterocycles. The van der Waals surface area contributed by atoms with Crippen molar-refractivity contribution in [1.82, 2.24) is 14.7 Å². The number of benzene rings is 1. The van der Waals surface area contributed by atoms with Crippen LogP contribution in [0.2, 0.25) is 0 Å². The molecular formula is C17H20BrN3O3. The standard InChI is InChI=1S/C17H20BrN3O3/c18-14-11-21(19-15(14)10-13-4-2-1-3-5-13)17(12-22)6-8-20(9-7-17)16(23)24/h1-5,11,22H,6-10,12H2,(H,23,24). The molecule has 1 amide bonds. The third-order valence-corrected chi connectivity index (χ3v) is 5.36. The van der Waals surface area contributed by atoms with Gasteiger partial charge in [0.1, 0.15) is 0 Å². The normalized spacial score (nSPS) is 17.0. The third kappa shape index (κ3) is 3.32.